The van der Waals surface area contributed by atoms with E-state index in [4.69, 9.17) is 4.74 Å². The topological polar surface area (TPSA) is 95.9 Å². The Labute approximate surface area is 376 Å². The number of carbonyl (C=O) groups is 2. The molecule has 0 radical (unpaired) electrons. The number of hydrogen-bond donors (Lipinski definition) is 3. The van der Waals surface area contributed by atoms with Gasteiger partial charge in [-0.25, -0.2) is 0 Å². The molecule has 0 bridgehead atoms. The van der Waals surface area contributed by atoms with E-state index in [9.17, 15) is 19.8 Å². The molecule has 6 heteroatoms. The van der Waals surface area contributed by atoms with Crippen LogP contribution in [0.5, 0.6) is 0 Å². The molecule has 3 N–H and O–H groups in total. The zero-order valence-electron chi connectivity index (χ0n) is 39.8. The fourth-order valence-corrected chi connectivity index (χ4v) is 7.19. The third-order valence-corrected chi connectivity index (χ3v) is 11.0. The summed E-state index contributed by atoms with van der Waals surface area (Å²) in [5.74, 6) is -0.567. The maximum Gasteiger partial charge on any atom is 0.306 e. The van der Waals surface area contributed by atoms with Gasteiger partial charge in [-0.05, 0) is 83.5 Å². The predicted octanol–water partition coefficient (Wildman–Crippen LogP) is 15.2. The smallest absolute Gasteiger partial charge is 0.306 e. The minimum absolute atomic E-state index is 0.0382. The van der Waals surface area contributed by atoms with E-state index in [1.807, 2.05) is 0 Å². The number of ether oxygens (including phenoxy) is 1. The number of unbranched alkanes of at least 4 members (excludes halogenated alkanes) is 20. The van der Waals surface area contributed by atoms with Gasteiger partial charge < -0.3 is 20.3 Å². The SMILES string of the molecule is CC/C=C/C=C/C=C/CCCCCCCC(CC(=O)NC(CO)C(O)CCCCCCCCCCCCCC)OC(=O)CCC/C=C\C/C=C\C/C=C\C/C=C\CCCCC. The zero-order chi connectivity index (χ0) is 44.5. The van der Waals surface area contributed by atoms with Crippen LogP contribution >= 0.6 is 0 Å². The molecule has 3 unspecified atom stereocenters. The maximum absolute atomic E-state index is 13.2. The van der Waals surface area contributed by atoms with Crippen LogP contribution in [-0.4, -0.2) is 46.9 Å². The van der Waals surface area contributed by atoms with Crippen LogP contribution in [0.2, 0.25) is 0 Å². The first-order valence-corrected chi connectivity index (χ1v) is 25.3. The van der Waals surface area contributed by atoms with Crippen molar-refractivity contribution in [3.8, 4) is 0 Å². The van der Waals surface area contributed by atoms with Crippen molar-refractivity contribution in [3.05, 3.63) is 85.1 Å². The number of aliphatic hydroxyl groups is 2. The molecule has 1 amide bonds. The highest BCUT2D eigenvalue weighted by molar-refractivity contribution is 5.77. The van der Waals surface area contributed by atoms with Gasteiger partial charge in [-0.2, -0.15) is 0 Å². The van der Waals surface area contributed by atoms with Crippen LogP contribution < -0.4 is 5.32 Å². The summed E-state index contributed by atoms with van der Waals surface area (Å²) in [4.78, 5) is 26.1. The third kappa shape index (κ3) is 43.5. The Bertz CT molecular complexity index is 1180. The van der Waals surface area contributed by atoms with Gasteiger partial charge in [0.15, 0.2) is 0 Å². The van der Waals surface area contributed by atoms with Gasteiger partial charge in [-0.3, -0.25) is 9.59 Å². The van der Waals surface area contributed by atoms with Crippen molar-refractivity contribution in [2.45, 2.75) is 244 Å². The van der Waals surface area contributed by atoms with Gasteiger partial charge in [0, 0.05) is 6.42 Å². The molecule has 0 saturated carbocycles. The third-order valence-electron chi connectivity index (χ3n) is 11.0. The molecule has 6 nitrogen and oxygen atoms in total. The second kappa shape index (κ2) is 48.1. The zero-order valence-corrected chi connectivity index (χ0v) is 39.8. The molecule has 350 valence electrons. The van der Waals surface area contributed by atoms with E-state index < -0.39 is 18.2 Å². The number of carbonyl (C=O) groups excluding carboxylic acids is 2. The van der Waals surface area contributed by atoms with E-state index in [2.05, 4.69) is 111 Å². The summed E-state index contributed by atoms with van der Waals surface area (Å²) in [6.07, 6.45) is 62.1. The molecule has 0 fully saturated rings. The van der Waals surface area contributed by atoms with Crippen molar-refractivity contribution in [3.63, 3.8) is 0 Å². The van der Waals surface area contributed by atoms with Gasteiger partial charge in [0.25, 0.3) is 0 Å². The molecule has 0 aliphatic rings. The molecule has 0 aliphatic heterocycles. The molecule has 0 spiro atoms. The first kappa shape index (κ1) is 58.0. The van der Waals surface area contributed by atoms with Crippen molar-refractivity contribution in [2.75, 3.05) is 6.61 Å². The van der Waals surface area contributed by atoms with Crippen LogP contribution in [0.1, 0.15) is 226 Å². The lowest BCUT2D eigenvalue weighted by molar-refractivity contribution is -0.151. The number of amides is 1. The van der Waals surface area contributed by atoms with Crippen LogP contribution in [0, 0.1) is 0 Å². The predicted molar refractivity (Wildman–Crippen MR) is 264 cm³/mol. The van der Waals surface area contributed by atoms with E-state index in [1.165, 1.54) is 83.5 Å². The Morgan fingerprint density at radius 2 is 0.951 bits per heavy atom. The molecule has 0 aromatic heterocycles. The summed E-state index contributed by atoms with van der Waals surface area (Å²) in [6.45, 7) is 6.29. The van der Waals surface area contributed by atoms with Crippen LogP contribution in [0.4, 0.5) is 0 Å². The van der Waals surface area contributed by atoms with Crippen LogP contribution in [0.25, 0.3) is 0 Å². The molecule has 0 heterocycles. The summed E-state index contributed by atoms with van der Waals surface area (Å²) in [7, 11) is 0. The molecule has 0 aromatic rings. The van der Waals surface area contributed by atoms with E-state index in [0.29, 0.717) is 25.7 Å². The number of aliphatic hydroxyl groups excluding tert-OH is 2. The lowest BCUT2D eigenvalue weighted by Gasteiger charge is -2.24. The van der Waals surface area contributed by atoms with Crippen molar-refractivity contribution in [1.82, 2.24) is 5.32 Å². The fraction of sp³-hybridized carbons (Fsp3) is 0.709. The van der Waals surface area contributed by atoms with Crippen molar-refractivity contribution >= 4 is 11.9 Å². The molecule has 0 saturated heterocycles. The van der Waals surface area contributed by atoms with Crippen LogP contribution in [0.3, 0.4) is 0 Å². The van der Waals surface area contributed by atoms with E-state index in [1.54, 1.807) is 0 Å². The van der Waals surface area contributed by atoms with Gasteiger partial charge in [0.1, 0.15) is 6.10 Å². The molecule has 0 rings (SSSR count). The Morgan fingerprint density at radius 3 is 1.51 bits per heavy atom. The largest absolute Gasteiger partial charge is 0.462 e. The summed E-state index contributed by atoms with van der Waals surface area (Å²) in [5.41, 5.74) is 0. The van der Waals surface area contributed by atoms with Crippen LogP contribution in [-0.2, 0) is 14.3 Å². The van der Waals surface area contributed by atoms with Gasteiger partial charge in [0.05, 0.1) is 25.2 Å². The number of rotatable bonds is 44. The molecule has 0 aliphatic carbocycles. The highest BCUT2D eigenvalue weighted by Gasteiger charge is 2.24. The summed E-state index contributed by atoms with van der Waals surface area (Å²) in [5, 5.41) is 23.7. The fourth-order valence-electron chi connectivity index (χ4n) is 7.19. The maximum atomic E-state index is 13.2. The summed E-state index contributed by atoms with van der Waals surface area (Å²) >= 11 is 0. The lowest BCUT2D eigenvalue weighted by Crippen LogP contribution is -2.46. The van der Waals surface area contributed by atoms with E-state index >= 15 is 0 Å². The molecule has 0 aromatic carbocycles. The van der Waals surface area contributed by atoms with Gasteiger partial charge in [-0.1, -0.05) is 215 Å². The minimum atomic E-state index is -0.806. The Kier molecular flexibility index (Phi) is 45.7. The van der Waals surface area contributed by atoms with Gasteiger partial charge in [0.2, 0.25) is 5.91 Å². The number of hydrogen-bond acceptors (Lipinski definition) is 5. The van der Waals surface area contributed by atoms with Crippen molar-refractivity contribution in [2.24, 2.45) is 0 Å². The second-order valence-electron chi connectivity index (χ2n) is 16.9. The monoisotopic (exact) mass is 850 g/mol. The number of allylic oxidation sites excluding steroid dienone is 14. The summed E-state index contributed by atoms with van der Waals surface area (Å²) < 4.78 is 5.89. The first-order valence-electron chi connectivity index (χ1n) is 25.3. The average Bonchev–Trinajstić information content (AvgIpc) is 3.25. The number of esters is 1. The molecule has 61 heavy (non-hydrogen) atoms. The minimum Gasteiger partial charge on any atom is -0.462 e. The van der Waals surface area contributed by atoms with E-state index in [0.717, 1.165) is 89.9 Å². The normalized spacial score (nSPS) is 14.0. The quantitative estimate of drug-likeness (QED) is 0.0246. The average molecular weight is 850 g/mol. The second-order valence-corrected chi connectivity index (χ2v) is 16.9. The first-order chi connectivity index (χ1) is 30.0. The molecule has 3 atom stereocenters. The molecular weight excluding hydrogens is 755 g/mol. The van der Waals surface area contributed by atoms with Crippen LogP contribution in [0.15, 0.2) is 85.1 Å². The standard InChI is InChI=1S/C55H95NO5/c1-4-7-10-13-16-19-22-25-26-27-28-30-33-36-39-42-45-48-55(60)61-51(46-43-40-37-34-31-29-23-20-17-14-11-8-5-2)49-54(59)56-52(50-57)53(58)47-44-41-38-35-32-24-21-18-15-12-9-6-3/h8,11,14,16-17,19-20,23,25-26,28,30,36,39,51-53,57-58H,4-7,9-10,12-13,15,18,21-22,24,27,29,31-35,37-38,40-50H2,1-3H3,(H,56,59)/b11-8+,17-14+,19-16-,23-20+,26-25-,30-28-,39-36-. The van der Waals surface area contributed by atoms with Crippen molar-refractivity contribution in [1.29, 1.82) is 0 Å². The Morgan fingerprint density at radius 1 is 0.508 bits per heavy atom. The highest BCUT2D eigenvalue weighted by atomic mass is 16.5. The Balaban J connectivity index is 4.71. The Hall–Kier alpha value is -2.96. The lowest BCUT2D eigenvalue weighted by atomic mass is 10.0. The van der Waals surface area contributed by atoms with Crippen molar-refractivity contribution < 1.29 is 24.5 Å². The summed E-state index contributed by atoms with van der Waals surface area (Å²) in [6, 6.07) is -0.723. The highest BCUT2D eigenvalue weighted by Crippen LogP contribution is 2.17. The van der Waals surface area contributed by atoms with Gasteiger partial charge >= 0.3 is 5.97 Å². The van der Waals surface area contributed by atoms with Gasteiger partial charge in [-0.15, -0.1) is 0 Å². The van der Waals surface area contributed by atoms with E-state index in [-0.39, 0.29) is 24.9 Å². The molecular formula is C55H95NO5. The number of nitrogens with one attached hydrogen (secondary N) is 1.